The summed E-state index contributed by atoms with van der Waals surface area (Å²) in [6.07, 6.45) is 21.7. The first-order chi connectivity index (χ1) is 19.7. The van der Waals surface area contributed by atoms with E-state index in [4.69, 9.17) is 9.47 Å². The van der Waals surface area contributed by atoms with Crippen LogP contribution in [0.4, 0.5) is 4.79 Å². The molecule has 0 saturated heterocycles. The summed E-state index contributed by atoms with van der Waals surface area (Å²) < 4.78 is 11.4. The molecule has 7 nitrogen and oxygen atoms in total. The monoisotopic (exact) mass is 555 g/mol. The third-order valence-electron chi connectivity index (χ3n) is 6.91. The van der Waals surface area contributed by atoms with Gasteiger partial charge < -0.3 is 19.9 Å². The molecule has 0 heterocycles. The van der Waals surface area contributed by atoms with Gasteiger partial charge in [0.1, 0.15) is 29.6 Å². The van der Waals surface area contributed by atoms with E-state index in [1.807, 2.05) is 24.3 Å². The molecule has 224 valence electrons. The Labute approximate surface area is 242 Å². The number of hydrazine groups is 1. The molecule has 0 atom stereocenters. The number of hydrogen-bond acceptors (Lipinski definition) is 5. The van der Waals surface area contributed by atoms with Crippen molar-refractivity contribution in [1.29, 1.82) is 0 Å². The van der Waals surface area contributed by atoms with Crippen molar-refractivity contribution < 1.29 is 19.4 Å². The van der Waals surface area contributed by atoms with Gasteiger partial charge in [0.05, 0.1) is 6.54 Å². The summed E-state index contributed by atoms with van der Waals surface area (Å²) in [5.74, 6) is 2.21. The average molecular weight is 556 g/mol. The lowest BCUT2D eigenvalue weighted by molar-refractivity contribution is 0.232. The summed E-state index contributed by atoms with van der Waals surface area (Å²) in [5, 5.41) is 12.1. The van der Waals surface area contributed by atoms with Crippen LogP contribution in [0.3, 0.4) is 0 Å². The van der Waals surface area contributed by atoms with E-state index in [-0.39, 0.29) is 11.8 Å². The Hall–Kier alpha value is -2.93. The largest absolute Gasteiger partial charge is 0.508 e. The Morgan fingerprint density at radius 2 is 1.07 bits per heavy atom. The van der Waals surface area contributed by atoms with Gasteiger partial charge in [-0.05, 0) is 55.0 Å². The van der Waals surface area contributed by atoms with Crippen molar-refractivity contribution in [1.82, 2.24) is 16.2 Å². The minimum absolute atomic E-state index is 0.199. The van der Waals surface area contributed by atoms with Gasteiger partial charge in [0.2, 0.25) is 0 Å². The molecule has 40 heavy (non-hydrogen) atoms. The summed E-state index contributed by atoms with van der Waals surface area (Å²) in [6, 6.07) is 13.6. The smallest absolute Gasteiger partial charge is 0.329 e. The number of ether oxygens (including phenoxy) is 2. The standard InChI is InChI=1S/C33H53N3O4/c1-2-3-4-5-6-7-8-9-10-11-12-13-14-15-16-17-26-35-36-33(38)34-27-28-39-30-22-24-32(25-23-30)40-31-20-18-29(37)19-21-31/h18-25,35,37H,2-17,26-28H2,1H3,(H2,34,36,38). The number of urea groups is 1. The maximum absolute atomic E-state index is 11.9. The van der Waals surface area contributed by atoms with Crippen LogP contribution < -0.4 is 25.6 Å². The van der Waals surface area contributed by atoms with Crippen LogP contribution in [0.25, 0.3) is 0 Å². The molecule has 7 heteroatoms. The number of carbonyl (C=O) groups is 1. The molecule has 2 aromatic carbocycles. The number of phenolic OH excluding ortho intramolecular Hbond substituents is 1. The molecular formula is C33H53N3O4. The number of phenols is 1. The highest BCUT2D eigenvalue weighted by atomic mass is 16.5. The van der Waals surface area contributed by atoms with E-state index in [1.165, 1.54) is 96.3 Å². The fourth-order valence-corrected chi connectivity index (χ4v) is 4.54. The Morgan fingerprint density at radius 1 is 0.625 bits per heavy atom. The van der Waals surface area contributed by atoms with Gasteiger partial charge in [-0.1, -0.05) is 103 Å². The highest BCUT2D eigenvalue weighted by Gasteiger charge is 2.02. The first-order valence-corrected chi connectivity index (χ1v) is 15.6. The van der Waals surface area contributed by atoms with Gasteiger partial charge in [0, 0.05) is 6.54 Å². The Bertz CT molecular complexity index is 874. The van der Waals surface area contributed by atoms with Crippen molar-refractivity contribution in [3.63, 3.8) is 0 Å². The summed E-state index contributed by atoms with van der Waals surface area (Å²) in [7, 11) is 0. The predicted molar refractivity (Wildman–Crippen MR) is 164 cm³/mol. The molecule has 4 N–H and O–H groups in total. The second-order valence-corrected chi connectivity index (χ2v) is 10.5. The predicted octanol–water partition coefficient (Wildman–Crippen LogP) is 8.63. The van der Waals surface area contributed by atoms with Gasteiger partial charge in [-0.15, -0.1) is 0 Å². The zero-order valence-corrected chi connectivity index (χ0v) is 24.7. The van der Waals surface area contributed by atoms with E-state index < -0.39 is 0 Å². The first-order valence-electron chi connectivity index (χ1n) is 15.6. The number of hydrogen-bond donors (Lipinski definition) is 4. The molecule has 2 aromatic rings. The summed E-state index contributed by atoms with van der Waals surface area (Å²) in [4.78, 5) is 11.9. The lowest BCUT2D eigenvalue weighted by Gasteiger charge is -2.11. The van der Waals surface area contributed by atoms with E-state index in [0.717, 1.165) is 13.0 Å². The number of carbonyl (C=O) groups excluding carboxylic acids is 1. The van der Waals surface area contributed by atoms with Gasteiger partial charge >= 0.3 is 6.03 Å². The molecule has 0 unspecified atom stereocenters. The van der Waals surface area contributed by atoms with Crippen molar-refractivity contribution in [2.45, 2.75) is 110 Å². The SMILES string of the molecule is CCCCCCCCCCCCCCCCCCNNC(=O)NCCOc1ccc(Oc2ccc(O)cc2)cc1. The molecule has 0 aromatic heterocycles. The van der Waals surface area contributed by atoms with Crippen LogP contribution >= 0.6 is 0 Å². The minimum atomic E-state index is -0.252. The van der Waals surface area contributed by atoms with Gasteiger partial charge in [-0.3, -0.25) is 5.43 Å². The van der Waals surface area contributed by atoms with Gasteiger partial charge in [0.25, 0.3) is 0 Å². The lowest BCUT2D eigenvalue weighted by Crippen LogP contribution is -2.45. The maximum atomic E-state index is 11.9. The highest BCUT2D eigenvalue weighted by Crippen LogP contribution is 2.25. The average Bonchev–Trinajstić information content (AvgIpc) is 2.96. The quantitative estimate of drug-likeness (QED) is 0.0769. The third kappa shape index (κ3) is 17.6. The molecule has 0 aliphatic carbocycles. The number of aromatic hydroxyl groups is 1. The number of benzene rings is 2. The van der Waals surface area contributed by atoms with Crippen LogP contribution in [-0.2, 0) is 0 Å². The van der Waals surface area contributed by atoms with Crippen molar-refractivity contribution in [2.24, 2.45) is 0 Å². The van der Waals surface area contributed by atoms with Gasteiger partial charge in [-0.2, -0.15) is 0 Å². The van der Waals surface area contributed by atoms with Crippen molar-refractivity contribution in [2.75, 3.05) is 19.7 Å². The normalized spacial score (nSPS) is 10.8. The Kier molecular flexibility index (Phi) is 19.0. The van der Waals surface area contributed by atoms with E-state index in [0.29, 0.717) is 30.4 Å². The molecule has 0 aliphatic heterocycles. The molecular weight excluding hydrogens is 502 g/mol. The third-order valence-corrected chi connectivity index (χ3v) is 6.91. The van der Waals surface area contributed by atoms with E-state index in [9.17, 15) is 9.90 Å². The number of unbranched alkanes of at least 4 members (excludes halogenated alkanes) is 15. The molecule has 0 radical (unpaired) electrons. The second-order valence-electron chi connectivity index (χ2n) is 10.5. The van der Waals surface area contributed by atoms with Gasteiger partial charge in [-0.25, -0.2) is 10.2 Å². The van der Waals surface area contributed by atoms with E-state index >= 15 is 0 Å². The molecule has 0 saturated carbocycles. The van der Waals surface area contributed by atoms with Crippen molar-refractivity contribution in [3.8, 4) is 23.0 Å². The molecule has 2 rings (SSSR count). The van der Waals surface area contributed by atoms with Crippen molar-refractivity contribution in [3.05, 3.63) is 48.5 Å². The molecule has 0 spiro atoms. The van der Waals surface area contributed by atoms with Crippen LogP contribution in [0.15, 0.2) is 48.5 Å². The fraction of sp³-hybridized carbons (Fsp3) is 0.606. The summed E-state index contributed by atoms with van der Waals surface area (Å²) >= 11 is 0. The Morgan fingerprint density at radius 3 is 1.60 bits per heavy atom. The molecule has 2 amide bonds. The van der Waals surface area contributed by atoms with Crippen LogP contribution in [0.2, 0.25) is 0 Å². The number of rotatable bonds is 24. The van der Waals surface area contributed by atoms with E-state index in [1.54, 1.807) is 24.3 Å². The van der Waals surface area contributed by atoms with Gasteiger partial charge in [0.15, 0.2) is 0 Å². The topological polar surface area (TPSA) is 91.9 Å². The number of nitrogens with one attached hydrogen (secondary N) is 3. The van der Waals surface area contributed by atoms with Crippen LogP contribution in [-0.4, -0.2) is 30.8 Å². The fourth-order valence-electron chi connectivity index (χ4n) is 4.54. The minimum Gasteiger partial charge on any atom is -0.508 e. The number of amides is 2. The summed E-state index contributed by atoms with van der Waals surface area (Å²) in [6.45, 7) is 3.82. The van der Waals surface area contributed by atoms with Crippen LogP contribution in [0, 0.1) is 0 Å². The summed E-state index contributed by atoms with van der Waals surface area (Å²) in [5.41, 5.74) is 5.67. The van der Waals surface area contributed by atoms with Crippen molar-refractivity contribution >= 4 is 6.03 Å². The van der Waals surface area contributed by atoms with Crippen LogP contribution in [0.1, 0.15) is 110 Å². The second kappa shape index (κ2) is 22.8. The zero-order chi connectivity index (χ0) is 28.5. The Balaban J connectivity index is 1.32. The first kappa shape index (κ1) is 33.3. The highest BCUT2D eigenvalue weighted by molar-refractivity contribution is 5.73. The molecule has 0 bridgehead atoms. The lowest BCUT2D eigenvalue weighted by atomic mass is 10.0. The zero-order valence-electron chi connectivity index (χ0n) is 24.7. The van der Waals surface area contributed by atoms with Crippen LogP contribution in [0.5, 0.6) is 23.0 Å². The maximum Gasteiger partial charge on any atom is 0.329 e. The molecule has 0 fully saturated rings. The van der Waals surface area contributed by atoms with E-state index in [2.05, 4.69) is 23.1 Å². The molecule has 0 aliphatic rings.